The summed E-state index contributed by atoms with van der Waals surface area (Å²) in [4.78, 5) is 13.6. The smallest absolute Gasteiger partial charge is 0.261 e. The van der Waals surface area contributed by atoms with E-state index in [-0.39, 0.29) is 5.56 Å². The van der Waals surface area contributed by atoms with Gasteiger partial charge in [-0.05, 0) is 28.8 Å². The Morgan fingerprint density at radius 2 is 1.73 bits per heavy atom. The van der Waals surface area contributed by atoms with Crippen LogP contribution in [-0.4, -0.2) is 9.50 Å². The van der Waals surface area contributed by atoms with Crippen LogP contribution < -0.4 is 10.1 Å². The zero-order valence-electron chi connectivity index (χ0n) is 11.4. The number of para-hydroxylation sites is 2. The average Bonchev–Trinajstić information content (AvgIpc) is 2.93. The van der Waals surface area contributed by atoms with E-state index in [9.17, 15) is 4.79 Å². The van der Waals surface area contributed by atoms with Gasteiger partial charge in [-0.2, -0.15) is 0 Å². The molecule has 0 saturated heterocycles. The first-order chi connectivity index (χ1) is 10.8. The Balaban J connectivity index is 2.12. The third kappa shape index (κ3) is 1.43. The summed E-state index contributed by atoms with van der Waals surface area (Å²) in [5, 5.41) is 5.77. The Bertz CT molecular complexity index is 1250. The molecule has 0 aliphatic carbocycles. The first kappa shape index (κ1) is 11.8. The minimum Gasteiger partial charge on any atom is -0.261 e. The fourth-order valence-electron chi connectivity index (χ4n) is 2.90. The Hall–Kier alpha value is -2.79. The van der Waals surface area contributed by atoms with E-state index in [0.717, 1.165) is 21.1 Å². The number of hydrogen-bond acceptors (Lipinski definition) is 3. The number of benzene rings is 2. The molecule has 0 fully saturated rings. The molecule has 0 bridgehead atoms. The van der Waals surface area contributed by atoms with Crippen molar-refractivity contribution in [1.82, 2.24) is 9.50 Å². The molecule has 0 unspecified atom stereocenters. The number of hydrogen-bond donors (Lipinski definition) is 0. The highest BCUT2D eigenvalue weighted by Gasteiger charge is 2.19. The molecule has 0 amide bonds. The Morgan fingerprint density at radius 3 is 2.68 bits per heavy atom. The van der Waals surface area contributed by atoms with E-state index >= 15 is 0 Å². The molecule has 104 valence electrons. The van der Waals surface area contributed by atoms with E-state index in [0.29, 0.717) is 10.5 Å². The van der Waals surface area contributed by atoms with E-state index in [2.05, 4.69) is 0 Å². The van der Waals surface area contributed by atoms with E-state index < -0.39 is 0 Å². The van der Waals surface area contributed by atoms with Gasteiger partial charge in [-0.1, -0.05) is 35.6 Å². The summed E-state index contributed by atoms with van der Waals surface area (Å²) in [7, 11) is 0. The molecule has 5 rings (SSSR count). The minimum absolute atomic E-state index is 0.0341. The Morgan fingerprint density at radius 1 is 0.909 bits per heavy atom. The van der Waals surface area contributed by atoms with E-state index in [1.54, 1.807) is 8.92 Å². The molecule has 5 aromatic rings. The zero-order chi connectivity index (χ0) is 14.7. The van der Waals surface area contributed by atoms with E-state index in [1.807, 2.05) is 60.7 Å². The first-order valence-corrected chi connectivity index (χ1v) is 7.79. The van der Waals surface area contributed by atoms with Crippen molar-refractivity contribution in [3.8, 4) is 0 Å². The molecule has 0 N–H and O–H groups in total. The second-order valence-corrected chi connectivity index (χ2v) is 6.19. The average molecular weight is 304 g/mol. The third-order valence-electron chi connectivity index (χ3n) is 3.92. The van der Waals surface area contributed by atoms with E-state index in [4.69, 9.17) is 5.10 Å². The molecule has 22 heavy (non-hydrogen) atoms. The molecule has 0 atom stereocenters. The first-order valence-electron chi connectivity index (χ1n) is 6.97. The number of pyridine rings is 1. The van der Waals surface area contributed by atoms with Crippen LogP contribution in [-0.2, 0) is 0 Å². The number of thiazole rings is 1. The molecular formula is C17H10N3OS+. The van der Waals surface area contributed by atoms with Gasteiger partial charge in [0.1, 0.15) is 0 Å². The maximum absolute atomic E-state index is 12.9. The zero-order valence-corrected chi connectivity index (χ0v) is 12.2. The van der Waals surface area contributed by atoms with Crippen LogP contribution in [0.1, 0.15) is 0 Å². The maximum Gasteiger partial charge on any atom is 0.332 e. The van der Waals surface area contributed by atoms with Crippen molar-refractivity contribution in [3.63, 3.8) is 0 Å². The highest BCUT2D eigenvalue weighted by molar-refractivity contribution is 7.23. The number of fused-ring (bicyclic) bond motifs is 6. The summed E-state index contributed by atoms with van der Waals surface area (Å²) in [6, 6.07) is 19.7. The van der Waals surface area contributed by atoms with Gasteiger partial charge in [-0.25, -0.2) is 4.40 Å². The van der Waals surface area contributed by atoms with Crippen molar-refractivity contribution < 1.29 is 4.52 Å². The highest BCUT2D eigenvalue weighted by atomic mass is 32.1. The van der Waals surface area contributed by atoms with Crippen LogP contribution in [0.3, 0.4) is 0 Å². The molecule has 3 heterocycles. The predicted octanol–water partition coefficient (Wildman–Crippen LogP) is 2.80. The van der Waals surface area contributed by atoms with Crippen molar-refractivity contribution in [3.05, 3.63) is 71.0 Å². The molecule has 4 nitrogen and oxygen atoms in total. The quantitative estimate of drug-likeness (QED) is 0.326. The molecule has 0 aliphatic heterocycles. The van der Waals surface area contributed by atoms with Gasteiger partial charge in [0, 0.05) is 22.6 Å². The van der Waals surface area contributed by atoms with Crippen LogP contribution in [0.5, 0.6) is 0 Å². The third-order valence-corrected chi connectivity index (χ3v) is 4.93. The van der Waals surface area contributed by atoms with Crippen molar-refractivity contribution >= 4 is 42.9 Å². The topological polar surface area (TPSA) is 38.5 Å². The standard InChI is InChI=1S/C17H10N3OS/c21-16-14-10-9-11-5-1-2-6-12(11)20(14)18-17-19(16)13-7-3-4-8-15(13)22-17/h1-10H/q+1. The summed E-state index contributed by atoms with van der Waals surface area (Å²) in [6.07, 6.45) is 0. The van der Waals surface area contributed by atoms with Crippen LogP contribution in [0.2, 0.25) is 0 Å². The predicted molar refractivity (Wildman–Crippen MR) is 87.5 cm³/mol. The molecule has 0 aliphatic rings. The minimum atomic E-state index is -0.0341. The molecule has 0 radical (unpaired) electrons. The fraction of sp³-hybridized carbons (Fsp3) is 0. The van der Waals surface area contributed by atoms with Gasteiger partial charge < -0.3 is 0 Å². The monoisotopic (exact) mass is 304 g/mol. The van der Waals surface area contributed by atoms with Crippen molar-refractivity contribution in [2.24, 2.45) is 0 Å². The summed E-state index contributed by atoms with van der Waals surface area (Å²) >= 11 is 1.53. The lowest BCUT2D eigenvalue weighted by molar-refractivity contribution is -0.551. The van der Waals surface area contributed by atoms with Gasteiger partial charge in [0.25, 0.3) is 4.96 Å². The largest absolute Gasteiger partial charge is 0.332 e. The van der Waals surface area contributed by atoms with Crippen LogP contribution in [0, 0.1) is 0 Å². The van der Waals surface area contributed by atoms with Gasteiger partial charge in [0.2, 0.25) is 5.52 Å². The molecule has 5 heteroatoms. The molecule has 0 spiro atoms. The molecule has 2 aromatic carbocycles. The van der Waals surface area contributed by atoms with Crippen molar-refractivity contribution in [2.75, 3.05) is 0 Å². The number of nitrogens with zero attached hydrogens (tertiary/aromatic N) is 3. The number of aromatic nitrogens is 3. The summed E-state index contributed by atoms with van der Waals surface area (Å²) < 4.78 is 4.51. The summed E-state index contributed by atoms with van der Waals surface area (Å²) in [5.74, 6) is 0. The van der Waals surface area contributed by atoms with Crippen molar-refractivity contribution in [2.45, 2.75) is 0 Å². The van der Waals surface area contributed by atoms with Crippen LogP contribution in [0.25, 0.3) is 31.6 Å². The number of rotatable bonds is 0. The Kier molecular flexibility index (Phi) is 2.21. The summed E-state index contributed by atoms with van der Waals surface area (Å²) in [5.41, 5.74) is 2.40. The van der Waals surface area contributed by atoms with Crippen LogP contribution in [0.4, 0.5) is 0 Å². The van der Waals surface area contributed by atoms with Gasteiger partial charge in [0.05, 0.1) is 10.2 Å². The van der Waals surface area contributed by atoms with Gasteiger partial charge in [-0.15, -0.1) is 0 Å². The maximum atomic E-state index is 12.9. The Labute approximate surface area is 128 Å². The van der Waals surface area contributed by atoms with Crippen molar-refractivity contribution in [1.29, 1.82) is 0 Å². The normalized spacial score (nSPS) is 11.8. The highest BCUT2D eigenvalue weighted by Crippen LogP contribution is 2.23. The molecule has 0 saturated carbocycles. The van der Waals surface area contributed by atoms with Crippen LogP contribution in [0.15, 0.2) is 65.5 Å². The molecular weight excluding hydrogens is 294 g/mol. The SMILES string of the molecule is O=c1c2ccc3ccccc3[n+]2nc2sc3ccccc3n12. The lowest BCUT2D eigenvalue weighted by atomic mass is 10.2. The second kappa shape index (κ2) is 4.11. The summed E-state index contributed by atoms with van der Waals surface area (Å²) in [6.45, 7) is 0. The van der Waals surface area contributed by atoms with Gasteiger partial charge >= 0.3 is 11.1 Å². The molecule has 3 aromatic heterocycles. The lowest BCUT2D eigenvalue weighted by Gasteiger charge is -1.96. The van der Waals surface area contributed by atoms with Gasteiger partial charge in [-0.3, -0.25) is 4.79 Å². The van der Waals surface area contributed by atoms with Gasteiger partial charge in [0.15, 0.2) is 0 Å². The second-order valence-electron chi connectivity index (χ2n) is 5.18. The lowest BCUT2D eigenvalue weighted by Crippen LogP contribution is -2.36. The fourth-order valence-corrected chi connectivity index (χ4v) is 3.90. The van der Waals surface area contributed by atoms with Crippen LogP contribution >= 0.6 is 11.3 Å². The van der Waals surface area contributed by atoms with E-state index in [1.165, 1.54) is 11.3 Å².